The number of rotatable bonds is 29. The minimum absolute atomic E-state index is 0.175. The molecule has 0 aromatic heterocycles. The molecule has 0 saturated heterocycles. The average molecular weight is 1030 g/mol. The van der Waals surface area contributed by atoms with E-state index in [1.165, 1.54) is 92.9 Å². The van der Waals surface area contributed by atoms with Gasteiger partial charge in [0.2, 0.25) is 35.4 Å². The van der Waals surface area contributed by atoms with E-state index < -0.39 is 108 Å². The Kier molecular flexibility index (Phi) is 29.1. The maximum atomic E-state index is 13.9. The number of nitrogens with one attached hydrogen (secondary N) is 6. The van der Waals surface area contributed by atoms with E-state index in [2.05, 4.69) is 31.9 Å². The molecule has 0 aliphatic rings. The van der Waals surface area contributed by atoms with E-state index in [1.54, 1.807) is 68.1 Å². The van der Waals surface area contributed by atoms with Crippen molar-refractivity contribution >= 4 is 105 Å². The van der Waals surface area contributed by atoms with Crippen LogP contribution in [0.25, 0.3) is 0 Å². The first-order valence-electron chi connectivity index (χ1n) is 20.9. The highest BCUT2D eigenvalue weighted by Gasteiger charge is 2.37. The number of carboxylic acids is 1. The molecular formula is C40H72N10O13S4. The Morgan fingerprint density at radius 2 is 0.940 bits per heavy atom. The van der Waals surface area contributed by atoms with Crippen LogP contribution in [0.15, 0.2) is 0 Å². The first kappa shape index (κ1) is 62.8. The zero-order chi connectivity index (χ0) is 51.8. The molecule has 6 atom stereocenters. The molecule has 0 radical (unpaired) electrons. The van der Waals surface area contributed by atoms with Crippen LogP contribution in [0.1, 0.15) is 41.5 Å². The number of amides is 8. The topological polar surface area (TPSA) is 295 Å². The van der Waals surface area contributed by atoms with Crippen LogP contribution in [0.3, 0.4) is 0 Å². The van der Waals surface area contributed by atoms with Crippen LogP contribution in [0, 0.1) is 0 Å². The van der Waals surface area contributed by atoms with E-state index in [0.717, 1.165) is 0 Å². The molecule has 0 aliphatic heterocycles. The number of hydrogen-bond donors (Lipinski definition) is 7. The molecule has 0 rings (SSSR count). The lowest BCUT2D eigenvalue weighted by Gasteiger charge is -2.34. The molecule has 0 heterocycles. The Bertz CT molecular complexity index is 1690. The van der Waals surface area contributed by atoms with Crippen molar-refractivity contribution < 1.29 is 62.5 Å². The summed E-state index contributed by atoms with van der Waals surface area (Å²) in [6.07, 6.45) is 2.13. The van der Waals surface area contributed by atoms with Crippen LogP contribution in [-0.2, 0) is 47.8 Å². The zero-order valence-corrected chi connectivity index (χ0v) is 44.2. The summed E-state index contributed by atoms with van der Waals surface area (Å²) in [4.78, 5) is 133. The van der Waals surface area contributed by atoms with Gasteiger partial charge in [0.05, 0.1) is 18.6 Å². The fraction of sp³-hybridized carbons (Fsp3) is 0.750. The van der Waals surface area contributed by atoms with E-state index in [0.29, 0.717) is 6.29 Å². The number of alkyl carbamates (subject to hydrolysis) is 2. The molecule has 7 N–H and O–H groups in total. The van der Waals surface area contributed by atoms with Crippen LogP contribution >= 0.6 is 45.1 Å². The molecule has 67 heavy (non-hydrogen) atoms. The van der Waals surface area contributed by atoms with Gasteiger partial charge in [-0.25, -0.2) is 9.59 Å². The molecule has 2 unspecified atom stereocenters. The summed E-state index contributed by atoms with van der Waals surface area (Å²) in [6.45, 7) is 8.06. The Hall–Kier alpha value is -4.18. The molecule has 0 bridgehead atoms. The SMILES string of the molecule is CNC(CSSCC(NC)C(=O)N(C)[C@@H](CSC)C(=O)N(C)C[C@@H](NC(=O)OC(C)(C)C)C(=O)NCC(=O)O)C(=O)N(C)[C@@H](CSC)C(=O)N(C)C[C@@H](NC(=O)OC(C)(C)C)C(=O)NCC=O. The number of thioether (sulfide) groups is 2. The van der Waals surface area contributed by atoms with E-state index in [-0.39, 0.29) is 42.6 Å². The van der Waals surface area contributed by atoms with Crippen LogP contribution in [0.5, 0.6) is 0 Å². The highest BCUT2D eigenvalue weighted by molar-refractivity contribution is 8.76. The number of aldehydes is 1. The second-order valence-corrected chi connectivity index (χ2v) is 21.3. The number of carbonyl (C=O) groups is 10. The monoisotopic (exact) mass is 1030 g/mol. The van der Waals surface area contributed by atoms with Gasteiger partial charge in [0.25, 0.3) is 0 Å². The lowest BCUT2D eigenvalue weighted by molar-refractivity contribution is -0.144. The summed E-state index contributed by atoms with van der Waals surface area (Å²) in [5, 5.41) is 24.4. The summed E-state index contributed by atoms with van der Waals surface area (Å²) in [5.41, 5.74) is -1.79. The van der Waals surface area contributed by atoms with Crippen LogP contribution in [-0.4, -0.2) is 236 Å². The van der Waals surface area contributed by atoms with Crippen molar-refractivity contribution in [3.63, 3.8) is 0 Å². The maximum Gasteiger partial charge on any atom is 0.408 e. The molecule has 8 amide bonds. The number of carboxylic acid groups (broad SMARTS) is 1. The van der Waals surface area contributed by atoms with E-state index in [4.69, 9.17) is 14.6 Å². The predicted molar refractivity (Wildman–Crippen MR) is 262 cm³/mol. The normalized spacial score (nSPS) is 14.1. The summed E-state index contributed by atoms with van der Waals surface area (Å²) in [6, 6.07) is -6.22. The highest BCUT2D eigenvalue weighted by Crippen LogP contribution is 2.25. The van der Waals surface area contributed by atoms with E-state index in [1.807, 2.05) is 0 Å². The van der Waals surface area contributed by atoms with Crippen LogP contribution in [0.4, 0.5) is 9.59 Å². The molecule has 0 saturated carbocycles. The maximum absolute atomic E-state index is 13.9. The second-order valence-electron chi connectivity index (χ2n) is 17.0. The Morgan fingerprint density at radius 3 is 1.24 bits per heavy atom. The largest absolute Gasteiger partial charge is 0.480 e. The van der Waals surface area contributed by atoms with Gasteiger partial charge >= 0.3 is 18.2 Å². The Morgan fingerprint density at radius 1 is 0.582 bits per heavy atom. The number of carbonyl (C=O) groups excluding carboxylic acids is 9. The van der Waals surface area contributed by atoms with Gasteiger partial charge in [0, 0.05) is 64.3 Å². The number of likely N-dealkylation sites (N-methyl/N-ethyl adjacent to an activating group) is 6. The van der Waals surface area contributed by atoms with Gasteiger partial charge in [-0.15, -0.1) is 0 Å². The first-order valence-corrected chi connectivity index (χ1v) is 26.2. The molecule has 0 aromatic rings. The molecule has 0 spiro atoms. The van der Waals surface area contributed by atoms with Crippen molar-refractivity contribution in [1.82, 2.24) is 51.5 Å². The smallest absolute Gasteiger partial charge is 0.408 e. The van der Waals surface area contributed by atoms with Crippen molar-refractivity contribution in [1.29, 1.82) is 0 Å². The molecule has 0 aromatic carbocycles. The molecule has 384 valence electrons. The minimum atomic E-state index is -1.40. The minimum Gasteiger partial charge on any atom is -0.480 e. The Balaban J connectivity index is 5.90. The number of aliphatic carboxylic acids is 1. The summed E-state index contributed by atoms with van der Waals surface area (Å²) in [7, 11) is 11.6. The fourth-order valence-electron chi connectivity index (χ4n) is 5.68. The van der Waals surface area contributed by atoms with E-state index >= 15 is 0 Å². The highest BCUT2D eigenvalue weighted by atomic mass is 33.1. The van der Waals surface area contributed by atoms with Gasteiger partial charge in [0.1, 0.15) is 48.2 Å². The van der Waals surface area contributed by atoms with Gasteiger partial charge in [-0.1, -0.05) is 21.6 Å². The van der Waals surface area contributed by atoms with Crippen molar-refractivity contribution in [3.8, 4) is 0 Å². The third-order valence-electron chi connectivity index (χ3n) is 9.15. The van der Waals surface area contributed by atoms with Crippen molar-refractivity contribution in [2.24, 2.45) is 0 Å². The average Bonchev–Trinajstić information content (AvgIpc) is 3.23. The number of ether oxygens (including phenoxy) is 2. The number of hydrogen-bond acceptors (Lipinski definition) is 18. The van der Waals surface area contributed by atoms with Gasteiger partial charge in [-0.3, -0.25) is 33.6 Å². The van der Waals surface area contributed by atoms with Crippen LogP contribution < -0.4 is 31.9 Å². The fourth-order valence-corrected chi connectivity index (χ4v) is 9.52. The third-order valence-corrected chi connectivity index (χ3v) is 12.9. The first-order chi connectivity index (χ1) is 31.1. The van der Waals surface area contributed by atoms with Crippen molar-refractivity contribution in [2.75, 3.05) is 104 Å². The predicted octanol–water partition coefficient (Wildman–Crippen LogP) is -0.857. The van der Waals surface area contributed by atoms with Gasteiger partial charge in [-0.05, 0) is 68.1 Å². The summed E-state index contributed by atoms with van der Waals surface area (Å²) < 4.78 is 10.5. The molecule has 0 fully saturated rings. The number of nitrogens with zero attached hydrogens (tertiary/aromatic N) is 4. The van der Waals surface area contributed by atoms with Gasteiger partial charge < -0.3 is 70.9 Å². The van der Waals surface area contributed by atoms with Crippen molar-refractivity contribution in [3.05, 3.63) is 0 Å². The lowest BCUT2D eigenvalue weighted by atomic mass is 10.2. The quantitative estimate of drug-likeness (QED) is 0.0273. The third kappa shape index (κ3) is 24.1. The standard InChI is InChI=1S/C40H72N10O13S4/c1-39(2,3)62-37(60)45-24(31(54)43-15-16-51)18-47(9)35(58)28(22-64-13)49(11)33(56)26(41-7)20-66-67-21-27(42-8)34(57)50(12)29(23-65-14)36(59)48(10)19-25(32(55)44-17-30(52)53)46-38(61)63-40(4,5)6/h16,24-29,41-42H,15,17-23H2,1-14H3,(H,43,54)(H,44,55)(H,45,60)(H,46,61)(H,52,53)/t24-,25-,26?,27?,28+,29+/m1/s1. The summed E-state index contributed by atoms with van der Waals surface area (Å²) in [5.74, 6) is -3.99. The summed E-state index contributed by atoms with van der Waals surface area (Å²) >= 11 is 2.63. The molecule has 23 nitrogen and oxygen atoms in total. The van der Waals surface area contributed by atoms with Gasteiger partial charge in [-0.2, -0.15) is 23.5 Å². The molecule has 27 heteroatoms. The lowest BCUT2D eigenvalue weighted by Crippen LogP contribution is -2.58. The van der Waals surface area contributed by atoms with Crippen molar-refractivity contribution in [2.45, 2.75) is 89.0 Å². The Labute approximate surface area is 410 Å². The second kappa shape index (κ2) is 31.0. The van der Waals surface area contributed by atoms with Gasteiger partial charge in [0.15, 0.2) is 0 Å². The zero-order valence-electron chi connectivity index (χ0n) is 41.0. The molecular weight excluding hydrogens is 957 g/mol. The van der Waals surface area contributed by atoms with Crippen LogP contribution in [0.2, 0.25) is 0 Å². The molecule has 0 aliphatic carbocycles. The van der Waals surface area contributed by atoms with E-state index in [9.17, 15) is 47.9 Å².